The quantitative estimate of drug-likeness (QED) is 0.619. The summed E-state index contributed by atoms with van der Waals surface area (Å²) in [6, 6.07) is 7.46. The van der Waals surface area contributed by atoms with Crippen LogP contribution in [0.1, 0.15) is 20.8 Å². The highest BCUT2D eigenvalue weighted by Gasteiger charge is 2.10. The summed E-state index contributed by atoms with van der Waals surface area (Å²) >= 11 is 3.55. The first-order valence-corrected chi connectivity index (χ1v) is 9.00. The third-order valence-corrected chi connectivity index (χ3v) is 4.90. The van der Waals surface area contributed by atoms with Gasteiger partial charge in [-0.1, -0.05) is 31.7 Å². The molecule has 1 N–H and O–H groups in total. The maximum absolute atomic E-state index is 11.1. The van der Waals surface area contributed by atoms with Crippen LogP contribution in [0.4, 0.5) is 5.69 Å². The SMILES string of the molecule is CC(=O)Nc1cccc(-n2nnnc2SCCSC(C)C)c1. The van der Waals surface area contributed by atoms with Gasteiger partial charge in [0.25, 0.3) is 0 Å². The second kappa shape index (κ2) is 8.19. The van der Waals surface area contributed by atoms with Crippen molar-refractivity contribution in [2.45, 2.75) is 31.2 Å². The zero-order valence-corrected chi connectivity index (χ0v) is 14.4. The van der Waals surface area contributed by atoms with E-state index in [2.05, 4.69) is 34.7 Å². The molecule has 2 aromatic rings. The number of rotatable bonds is 7. The summed E-state index contributed by atoms with van der Waals surface area (Å²) in [5.41, 5.74) is 1.56. The summed E-state index contributed by atoms with van der Waals surface area (Å²) in [5, 5.41) is 16.0. The van der Waals surface area contributed by atoms with E-state index in [9.17, 15) is 4.79 Å². The maximum Gasteiger partial charge on any atom is 0.221 e. The lowest BCUT2D eigenvalue weighted by atomic mass is 10.3. The van der Waals surface area contributed by atoms with Crippen LogP contribution in [0, 0.1) is 0 Å². The van der Waals surface area contributed by atoms with Crippen molar-refractivity contribution in [3.05, 3.63) is 24.3 Å². The second-order valence-electron chi connectivity index (χ2n) is 4.87. The van der Waals surface area contributed by atoms with Crippen LogP contribution < -0.4 is 5.32 Å². The van der Waals surface area contributed by atoms with Gasteiger partial charge in [-0.25, -0.2) is 0 Å². The van der Waals surface area contributed by atoms with Gasteiger partial charge in [0.15, 0.2) is 0 Å². The molecule has 1 heterocycles. The fourth-order valence-corrected chi connectivity index (χ4v) is 3.50. The Morgan fingerprint density at radius 1 is 1.36 bits per heavy atom. The van der Waals surface area contributed by atoms with Crippen molar-refractivity contribution in [2.24, 2.45) is 0 Å². The van der Waals surface area contributed by atoms with Crippen molar-refractivity contribution >= 4 is 35.1 Å². The number of amides is 1. The highest BCUT2D eigenvalue weighted by molar-refractivity contribution is 8.03. The second-order valence-corrected chi connectivity index (χ2v) is 7.62. The van der Waals surface area contributed by atoms with Crippen molar-refractivity contribution in [3.8, 4) is 5.69 Å². The number of tetrazole rings is 1. The third kappa shape index (κ3) is 5.03. The standard InChI is InChI=1S/C14H19N5OS2/c1-10(2)21-7-8-22-14-16-17-18-19(14)13-6-4-5-12(9-13)15-11(3)20/h4-6,9-10H,7-8H2,1-3H3,(H,15,20). The number of hydrogen-bond acceptors (Lipinski definition) is 6. The van der Waals surface area contributed by atoms with Gasteiger partial charge in [-0.15, -0.1) is 5.10 Å². The number of benzene rings is 1. The van der Waals surface area contributed by atoms with E-state index in [4.69, 9.17) is 0 Å². The van der Waals surface area contributed by atoms with Crippen LogP contribution in [-0.2, 0) is 4.79 Å². The molecular formula is C14H19N5OS2. The van der Waals surface area contributed by atoms with Crippen LogP contribution in [0.25, 0.3) is 5.69 Å². The molecule has 22 heavy (non-hydrogen) atoms. The molecule has 1 aromatic heterocycles. The van der Waals surface area contributed by atoms with Crippen LogP contribution in [0.3, 0.4) is 0 Å². The zero-order valence-electron chi connectivity index (χ0n) is 12.8. The molecule has 118 valence electrons. The number of carbonyl (C=O) groups excluding carboxylic acids is 1. The molecule has 0 atom stereocenters. The molecule has 0 spiro atoms. The number of anilines is 1. The average Bonchev–Trinajstić information content (AvgIpc) is 2.91. The Kier molecular flexibility index (Phi) is 6.26. The summed E-state index contributed by atoms with van der Waals surface area (Å²) in [6.45, 7) is 5.86. The van der Waals surface area contributed by atoms with Crippen LogP contribution >= 0.6 is 23.5 Å². The molecule has 0 radical (unpaired) electrons. The molecule has 1 amide bonds. The Bertz CT molecular complexity index is 629. The predicted octanol–water partition coefficient (Wildman–Crippen LogP) is 2.85. The van der Waals surface area contributed by atoms with E-state index in [1.165, 1.54) is 6.92 Å². The highest BCUT2D eigenvalue weighted by Crippen LogP contribution is 2.22. The molecule has 0 aliphatic rings. The van der Waals surface area contributed by atoms with Crippen LogP contribution in [0.5, 0.6) is 0 Å². The summed E-state index contributed by atoms with van der Waals surface area (Å²) in [4.78, 5) is 11.1. The zero-order chi connectivity index (χ0) is 15.9. The molecular weight excluding hydrogens is 318 g/mol. The van der Waals surface area contributed by atoms with Crippen LogP contribution in [-0.4, -0.2) is 42.9 Å². The van der Waals surface area contributed by atoms with Gasteiger partial charge in [0, 0.05) is 24.1 Å². The van der Waals surface area contributed by atoms with E-state index in [-0.39, 0.29) is 5.91 Å². The first kappa shape index (κ1) is 16.8. The molecule has 0 saturated carbocycles. The summed E-state index contributed by atoms with van der Waals surface area (Å²) in [6.07, 6.45) is 0. The predicted molar refractivity (Wildman–Crippen MR) is 91.8 cm³/mol. The third-order valence-electron chi connectivity index (χ3n) is 2.62. The van der Waals surface area contributed by atoms with Gasteiger partial charge in [0.1, 0.15) is 0 Å². The summed E-state index contributed by atoms with van der Waals surface area (Å²) < 4.78 is 1.69. The smallest absolute Gasteiger partial charge is 0.221 e. The van der Waals surface area contributed by atoms with E-state index in [1.807, 2.05) is 36.0 Å². The van der Waals surface area contributed by atoms with E-state index in [0.29, 0.717) is 5.25 Å². The Morgan fingerprint density at radius 3 is 2.91 bits per heavy atom. The summed E-state index contributed by atoms with van der Waals surface area (Å²) in [7, 11) is 0. The van der Waals surface area contributed by atoms with Gasteiger partial charge >= 0.3 is 0 Å². The fraction of sp³-hybridized carbons (Fsp3) is 0.429. The largest absolute Gasteiger partial charge is 0.326 e. The number of hydrogen-bond donors (Lipinski definition) is 1. The maximum atomic E-state index is 11.1. The number of nitrogens with one attached hydrogen (secondary N) is 1. The highest BCUT2D eigenvalue weighted by atomic mass is 32.2. The number of nitrogens with zero attached hydrogens (tertiary/aromatic N) is 4. The monoisotopic (exact) mass is 337 g/mol. The first-order chi connectivity index (χ1) is 10.6. The van der Waals surface area contributed by atoms with Crippen molar-refractivity contribution in [2.75, 3.05) is 16.8 Å². The van der Waals surface area contributed by atoms with E-state index in [1.54, 1.807) is 16.4 Å². The Balaban J connectivity index is 2.06. The normalized spacial score (nSPS) is 10.9. The molecule has 2 rings (SSSR count). The summed E-state index contributed by atoms with van der Waals surface area (Å²) in [5.74, 6) is 1.91. The lowest BCUT2D eigenvalue weighted by Gasteiger charge is -2.07. The van der Waals surface area contributed by atoms with E-state index < -0.39 is 0 Å². The lowest BCUT2D eigenvalue weighted by molar-refractivity contribution is -0.114. The average molecular weight is 337 g/mol. The molecule has 0 bridgehead atoms. The number of thioether (sulfide) groups is 2. The molecule has 0 unspecified atom stereocenters. The van der Waals surface area contributed by atoms with Gasteiger partial charge in [-0.05, 0) is 33.9 Å². The van der Waals surface area contributed by atoms with Gasteiger partial charge in [0.2, 0.25) is 11.1 Å². The van der Waals surface area contributed by atoms with Gasteiger partial charge in [-0.3, -0.25) is 4.79 Å². The van der Waals surface area contributed by atoms with Crippen molar-refractivity contribution in [3.63, 3.8) is 0 Å². The van der Waals surface area contributed by atoms with Gasteiger partial charge in [-0.2, -0.15) is 16.4 Å². The minimum atomic E-state index is -0.103. The van der Waals surface area contributed by atoms with Crippen molar-refractivity contribution in [1.29, 1.82) is 0 Å². The number of carbonyl (C=O) groups is 1. The van der Waals surface area contributed by atoms with Gasteiger partial charge in [0.05, 0.1) is 5.69 Å². The Labute approximate surface area is 138 Å². The molecule has 8 heteroatoms. The Hall–Kier alpha value is -1.54. The number of aromatic nitrogens is 4. The minimum absolute atomic E-state index is 0.103. The topological polar surface area (TPSA) is 72.7 Å². The lowest BCUT2D eigenvalue weighted by Crippen LogP contribution is -2.07. The van der Waals surface area contributed by atoms with E-state index >= 15 is 0 Å². The van der Waals surface area contributed by atoms with Crippen LogP contribution in [0.2, 0.25) is 0 Å². The molecule has 0 saturated heterocycles. The first-order valence-electron chi connectivity index (χ1n) is 6.97. The molecule has 0 aliphatic carbocycles. The molecule has 1 aromatic carbocycles. The van der Waals surface area contributed by atoms with Crippen molar-refractivity contribution in [1.82, 2.24) is 20.2 Å². The Morgan fingerprint density at radius 2 is 2.18 bits per heavy atom. The fourth-order valence-electron chi connectivity index (χ4n) is 1.77. The molecule has 6 nitrogen and oxygen atoms in total. The van der Waals surface area contributed by atoms with E-state index in [0.717, 1.165) is 28.0 Å². The van der Waals surface area contributed by atoms with Crippen molar-refractivity contribution < 1.29 is 4.79 Å². The minimum Gasteiger partial charge on any atom is -0.326 e. The molecule has 0 aliphatic heterocycles. The molecule has 0 fully saturated rings. The van der Waals surface area contributed by atoms with Crippen LogP contribution in [0.15, 0.2) is 29.4 Å². The van der Waals surface area contributed by atoms with Gasteiger partial charge < -0.3 is 5.32 Å².